The normalized spacial score (nSPS) is 24.5. The van der Waals surface area contributed by atoms with E-state index >= 15 is 0 Å². The molecular formula is C28H35N3O3S. The van der Waals surface area contributed by atoms with Gasteiger partial charge in [0.1, 0.15) is 17.0 Å². The summed E-state index contributed by atoms with van der Waals surface area (Å²) >= 11 is 1.73. The van der Waals surface area contributed by atoms with E-state index in [1.807, 2.05) is 37.3 Å². The molecule has 5 rings (SSSR count). The number of thiophene rings is 1. The van der Waals surface area contributed by atoms with Crippen molar-refractivity contribution in [1.29, 1.82) is 0 Å². The Labute approximate surface area is 211 Å². The Morgan fingerprint density at radius 2 is 1.94 bits per heavy atom. The van der Waals surface area contributed by atoms with E-state index in [1.54, 1.807) is 23.3 Å². The van der Waals surface area contributed by atoms with Crippen LogP contribution in [0.3, 0.4) is 0 Å². The van der Waals surface area contributed by atoms with Crippen LogP contribution in [0.2, 0.25) is 0 Å². The minimum Gasteiger partial charge on any atom is -0.496 e. The van der Waals surface area contributed by atoms with Crippen molar-refractivity contribution < 1.29 is 14.3 Å². The number of para-hydroxylation sites is 1. The molecule has 1 fully saturated rings. The maximum absolute atomic E-state index is 14.0. The summed E-state index contributed by atoms with van der Waals surface area (Å²) in [7, 11) is 1.64. The van der Waals surface area contributed by atoms with Gasteiger partial charge < -0.3 is 19.5 Å². The number of amides is 2. The first-order valence-corrected chi connectivity index (χ1v) is 13.5. The summed E-state index contributed by atoms with van der Waals surface area (Å²) < 4.78 is 8.74. The molecule has 0 spiro atoms. The summed E-state index contributed by atoms with van der Waals surface area (Å²) in [4.78, 5) is 31.0. The number of hydrogen-bond donors (Lipinski definition) is 1. The van der Waals surface area contributed by atoms with Crippen molar-refractivity contribution in [2.45, 2.75) is 77.5 Å². The molecule has 1 aromatic carbocycles. The summed E-state index contributed by atoms with van der Waals surface area (Å²) in [6, 6.07) is 12.1. The molecule has 1 saturated carbocycles. The molecule has 1 aliphatic carbocycles. The Hall–Kier alpha value is -2.80. The third kappa shape index (κ3) is 4.24. The summed E-state index contributed by atoms with van der Waals surface area (Å²) in [5.74, 6) is 1.25. The van der Waals surface area contributed by atoms with Gasteiger partial charge in [-0.3, -0.25) is 9.59 Å². The number of carbonyl (C=O) groups is 2. The minimum atomic E-state index is -1.02. The zero-order chi connectivity index (χ0) is 24.7. The lowest BCUT2D eigenvalue weighted by Crippen LogP contribution is -2.64. The monoisotopic (exact) mass is 493 g/mol. The van der Waals surface area contributed by atoms with Crippen molar-refractivity contribution in [1.82, 2.24) is 14.8 Å². The fraction of sp³-hybridized carbons (Fsp3) is 0.500. The van der Waals surface area contributed by atoms with Gasteiger partial charge in [-0.2, -0.15) is 0 Å². The van der Waals surface area contributed by atoms with Crippen molar-refractivity contribution >= 4 is 33.4 Å². The second-order valence-electron chi connectivity index (χ2n) is 10.3. The first-order valence-electron chi connectivity index (χ1n) is 12.7. The maximum Gasteiger partial charge on any atom is 0.271 e. The van der Waals surface area contributed by atoms with Gasteiger partial charge in [-0.15, -0.1) is 11.3 Å². The first kappa shape index (κ1) is 23.9. The maximum atomic E-state index is 14.0. The largest absolute Gasteiger partial charge is 0.496 e. The number of carbonyl (C=O) groups excluding carboxylic acids is 2. The molecule has 0 saturated heterocycles. The predicted molar refractivity (Wildman–Crippen MR) is 140 cm³/mol. The fourth-order valence-corrected chi connectivity index (χ4v) is 6.60. The Balaban J connectivity index is 1.54. The van der Waals surface area contributed by atoms with Gasteiger partial charge in [-0.1, -0.05) is 32.0 Å². The number of nitrogens with one attached hydrogen (secondary N) is 1. The second kappa shape index (κ2) is 9.34. The number of nitrogens with zero attached hydrogens (tertiary/aromatic N) is 2. The number of ether oxygens (including phenoxy) is 1. The molecule has 3 heterocycles. The van der Waals surface area contributed by atoms with Gasteiger partial charge in [-0.05, 0) is 63.1 Å². The molecule has 3 aromatic rings. The topological polar surface area (TPSA) is 63.6 Å². The van der Waals surface area contributed by atoms with Crippen LogP contribution >= 0.6 is 11.3 Å². The van der Waals surface area contributed by atoms with Crippen molar-refractivity contribution in [3.63, 3.8) is 0 Å². The van der Waals surface area contributed by atoms with E-state index in [0.717, 1.165) is 53.6 Å². The molecule has 1 aliphatic heterocycles. The number of methoxy groups -OCH3 is 1. The van der Waals surface area contributed by atoms with Crippen LogP contribution in [0.25, 0.3) is 10.2 Å². The molecular weight excluding hydrogens is 458 g/mol. The van der Waals surface area contributed by atoms with Crippen LogP contribution < -0.4 is 10.1 Å². The highest BCUT2D eigenvalue weighted by Crippen LogP contribution is 2.38. The molecule has 1 atom stereocenters. The number of aryl methyl sites for hydroxylation is 1. The lowest BCUT2D eigenvalue weighted by molar-refractivity contribution is -0.134. The van der Waals surface area contributed by atoms with Crippen LogP contribution in [-0.2, 0) is 24.3 Å². The average Bonchev–Trinajstić information content (AvgIpc) is 3.42. The highest BCUT2D eigenvalue weighted by molar-refractivity contribution is 7.19. The van der Waals surface area contributed by atoms with E-state index in [2.05, 4.69) is 29.8 Å². The van der Waals surface area contributed by atoms with E-state index in [0.29, 0.717) is 24.7 Å². The highest BCUT2D eigenvalue weighted by Gasteiger charge is 2.48. The zero-order valence-corrected chi connectivity index (χ0v) is 21.9. The molecule has 1 N–H and O–H groups in total. The quantitative estimate of drug-likeness (QED) is 0.501. The van der Waals surface area contributed by atoms with Gasteiger partial charge in [0.15, 0.2) is 0 Å². The molecule has 186 valence electrons. The predicted octanol–water partition coefficient (Wildman–Crippen LogP) is 5.38. The number of rotatable bonds is 6. The van der Waals surface area contributed by atoms with Crippen LogP contribution in [0.15, 0.2) is 36.4 Å². The number of fused-ring (bicyclic) bond motifs is 3. The smallest absolute Gasteiger partial charge is 0.271 e. The van der Waals surface area contributed by atoms with Crippen LogP contribution in [0.1, 0.15) is 67.4 Å². The van der Waals surface area contributed by atoms with E-state index < -0.39 is 5.54 Å². The fourth-order valence-electron chi connectivity index (χ4n) is 5.56. The van der Waals surface area contributed by atoms with Crippen LogP contribution in [0.4, 0.5) is 0 Å². The van der Waals surface area contributed by atoms with Crippen molar-refractivity contribution in [2.24, 2.45) is 5.92 Å². The van der Waals surface area contributed by atoms with Gasteiger partial charge in [0.2, 0.25) is 5.91 Å². The number of hydrogen-bond acceptors (Lipinski definition) is 4. The molecule has 2 aliphatic rings. The van der Waals surface area contributed by atoms with Crippen LogP contribution in [0.5, 0.6) is 5.75 Å². The first-order chi connectivity index (χ1) is 16.8. The summed E-state index contributed by atoms with van der Waals surface area (Å²) in [5, 5.41) is 3.33. The van der Waals surface area contributed by atoms with Gasteiger partial charge in [0, 0.05) is 16.5 Å². The van der Waals surface area contributed by atoms with Gasteiger partial charge in [-0.25, -0.2) is 0 Å². The Kier molecular flexibility index (Phi) is 6.38. The van der Waals surface area contributed by atoms with E-state index in [1.165, 1.54) is 4.88 Å². The third-order valence-corrected chi connectivity index (χ3v) is 9.09. The zero-order valence-electron chi connectivity index (χ0n) is 21.1. The molecule has 1 unspecified atom stereocenters. The number of aromatic nitrogens is 1. The van der Waals surface area contributed by atoms with Gasteiger partial charge in [0.05, 0.1) is 30.4 Å². The Bertz CT molecular complexity index is 1250. The molecule has 6 nitrogen and oxygen atoms in total. The summed E-state index contributed by atoms with van der Waals surface area (Å²) in [6.07, 6.45) is 5.20. The minimum absolute atomic E-state index is 0.0706. The molecule has 0 bridgehead atoms. The van der Waals surface area contributed by atoms with Gasteiger partial charge in [0.25, 0.3) is 5.91 Å². The second-order valence-corrected chi connectivity index (χ2v) is 11.5. The van der Waals surface area contributed by atoms with Crippen LogP contribution in [-0.4, -0.2) is 40.0 Å². The highest BCUT2D eigenvalue weighted by atomic mass is 32.1. The lowest BCUT2D eigenvalue weighted by atomic mass is 9.86. The summed E-state index contributed by atoms with van der Waals surface area (Å²) in [5.41, 5.74) is 1.58. The average molecular weight is 494 g/mol. The molecule has 2 aromatic heterocycles. The SMILES string of the molecule is CCc1cc2c(cc3n2CC(C)(C(=O)NC2CCC(C)CC2)N(Cc2ccccc2OC)C3=O)s1. The molecule has 35 heavy (non-hydrogen) atoms. The lowest BCUT2D eigenvalue weighted by Gasteiger charge is -2.45. The standard InChI is InChI=1S/C28H35N3O3S/c1-5-21-14-22-25(35-21)15-23-26(32)31(16-19-8-6-7-9-24(19)34-4)28(3,17-30(22)23)27(33)29-20-12-10-18(2)11-13-20/h6-9,14-15,18,20H,5,10-13,16-17H2,1-4H3,(H,29,33). The Morgan fingerprint density at radius 3 is 2.66 bits per heavy atom. The van der Waals surface area contributed by atoms with Gasteiger partial charge >= 0.3 is 0 Å². The van der Waals surface area contributed by atoms with Crippen molar-refractivity contribution in [3.8, 4) is 5.75 Å². The third-order valence-electron chi connectivity index (χ3n) is 7.88. The molecule has 7 heteroatoms. The number of benzene rings is 1. The Morgan fingerprint density at radius 1 is 1.20 bits per heavy atom. The molecule has 0 radical (unpaired) electrons. The van der Waals surface area contributed by atoms with Crippen molar-refractivity contribution in [3.05, 3.63) is 52.5 Å². The van der Waals surface area contributed by atoms with E-state index in [-0.39, 0.29) is 17.9 Å². The van der Waals surface area contributed by atoms with Crippen LogP contribution in [0, 0.1) is 5.92 Å². The van der Waals surface area contributed by atoms with Crippen molar-refractivity contribution in [2.75, 3.05) is 7.11 Å². The summed E-state index contributed by atoms with van der Waals surface area (Å²) in [6.45, 7) is 7.08. The van der Waals surface area contributed by atoms with E-state index in [9.17, 15) is 9.59 Å². The molecule has 2 amide bonds. The van der Waals surface area contributed by atoms with E-state index in [4.69, 9.17) is 4.74 Å².